The van der Waals surface area contributed by atoms with Crippen molar-refractivity contribution in [3.8, 4) is 11.3 Å². The van der Waals surface area contributed by atoms with Gasteiger partial charge in [0.1, 0.15) is 5.82 Å². The Kier molecular flexibility index (Phi) is 2.48. The molecule has 94 valence electrons. The largest absolute Gasteiger partial charge is 0.320 e. The molecule has 18 heavy (non-hydrogen) atoms. The monoisotopic (exact) mass is 245 g/mol. The summed E-state index contributed by atoms with van der Waals surface area (Å²) in [6.45, 7) is 2.82. The Labute approximate surface area is 105 Å². The van der Waals surface area contributed by atoms with Gasteiger partial charge in [0.15, 0.2) is 0 Å². The molecule has 1 aromatic heterocycles. The maximum atomic E-state index is 12.9. The number of aryl methyl sites for hydroxylation is 1. The maximum absolute atomic E-state index is 12.9. The SMILES string of the molecule is CCn1nc(C2(N)CC2)cc1-c1ccc(F)cc1. The third-order valence-corrected chi connectivity index (χ3v) is 3.52. The fourth-order valence-corrected chi connectivity index (χ4v) is 2.14. The second-order valence-corrected chi connectivity index (χ2v) is 4.89. The summed E-state index contributed by atoms with van der Waals surface area (Å²) in [5, 5.41) is 4.56. The van der Waals surface area contributed by atoms with Crippen LogP contribution < -0.4 is 5.73 Å². The zero-order chi connectivity index (χ0) is 12.8. The van der Waals surface area contributed by atoms with Gasteiger partial charge in [0.05, 0.1) is 16.9 Å². The van der Waals surface area contributed by atoms with E-state index in [1.54, 1.807) is 12.1 Å². The van der Waals surface area contributed by atoms with E-state index >= 15 is 0 Å². The first kappa shape index (κ1) is 11.4. The van der Waals surface area contributed by atoms with Crippen molar-refractivity contribution in [1.29, 1.82) is 0 Å². The average Bonchev–Trinajstić information content (AvgIpc) is 2.97. The molecule has 0 spiro atoms. The summed E-state index contributed by atoms with van der Waals surface area (Å²) in [5.41, 5.74) is 8.87. The van der Waals surface area contributed by atoms with E-state index in [4.69, 9.17) is 5.73 Å². The second-order valence-electron chi connectivity index (χ2n) is 4.89. The maximum Gasteiger partial charge on any atom is 0.123 e. The lowest BCUT2D eigenvalue weighted by Gasteiger charge is -2.04. The fraction of sp³-hybridized carbons (Fsp3) is 0.357. The average molecular weight is 245 g/mol. The molecule has 1 saturated carbocycles. The molecule has 0 unspecified atom stereocenters. The number of halogens is 1. The van der Waals surface area contributed by atoms with E-state index in [0.717, 1.165) is 36.3 Å². The Bertz CT molecular complexity index is 567. The van der Waals surface area contributed by atoms with Crippen LogP contribution in [0.4, 0.5) is 4.39 Å². The summed E-state index contributed by atoms with van der Waals surface area (Å²) < 4.78 is 14.9. The number of hydrogen-bond donors (Lipinski definition) is 1. The number of nitrogens with zero attached hydrogens (tertiary/aromatic N) is 2. The van der Waals surface area contributed by atoms with Gasteiger partial charge in [-0.05, 0) is 55.7 Å². The van der Waals surface area contributed by atoms with Crippen LogP contribution in [0.25, 0.3) is 11.3 Å². The smallest absolute Gasteiger partial charge is 0.123 e. The molecule has 1 aliphatic carbocycles. The Hall–Kier alpha value is -1.68. The molecular weight excluding hydrogens is 229 g/mol. The van der Waals surface area contributed by atoms with Gasteiger partial charge in [-0.2, -0.15) is 5.10 Å². The number of nitrogens with two attached hydrogens (primary N) is 1. The van der Waals surface area contributed by atoms with Gasteiger partial charge in [0.25, 0.3) is 0 Å². The highest BCUT2D eigenvalue weighted by Crippen LogP contribution is 2.42. The Morgan fingerprint density at radius 1 is 1.33 bits per heavy atom. The highest BCUT2D eigenvalue weighted by molar-refractivity contribution is 5.60. The van der Waals surface area contributed by atoms with Gasteiger partial charge in [0.2, 0.25) is 0 Å². The third kappa shape index (κ3) is 1.82. The number of hydrogen-bond acceptors (Lipinski definition) is 2. The summed E-state index contributed by atoms with van der Waals surface area (Å²) in [7, 11) is 0. The van der Waals surface area contributed by atoms with Crippen LogP contribution in [0.3, 0.4) is 0 Å². The van der Waals surface area contributed by atoms with Gasteiger partial charge in [-0.15, -0.1) is 0 Å². The van der Waals surface area contributed by atoms with E-state index in [1.807, 2.05) is 17.7 Å². The van der Waals surface area contributed by atoms with Crippen LogP contribution in [0.5, 0.6) is 0 Å². The topological polar surface area (TPSA) is 43.8 Å². The molecule has 3 rings (SSSR count). The molecule has 2 aromatic rings. The molecule has 3 nitrogen and oxygen atoms in total. The van der Waals surface area contributed by atoms with Gasteiger partial charge >= 0.3 is 0 Å². The summed E-state index contributed by atoms with van der Waals surface area (Å²) >= 11 is 0. The van der Waals surface area contributed by atoms with Crippen LogP contribution in [0, 0.1) is 5.82 Å². The van der Waals surface area contributed by atoms with Gasteiger partial charge in [-0.3, -0.25) is 4.68 Å². The second kappa shape index (κ2) is 3.92. The standard InChI is InChI=1S/C14H16FN3/c1-2-18-12(10-3-5-11(15)6-4-10)9-13(17-18)14(16)7-8-14/h3-6,9H,2,7-8,16H2,1H3. The summed E-state index contributed by atoms with van der Waals surface area (Å²) in [6.07, 6.45) is 1.99. The fourth-order valence-electron chi connectivity index (χ4n) is 2.14. The minimum atomic E-state index is -0.227. The molecule has 0 radical (unpaired) electrons. The number of rotatable bonds is 3. The lowest BCUT2D eigenvalue weighted by Crippen LogP contribution is -2.19. The third-order valence-electron chi connectivity index (χ3n) is 3.52. The highest BCUT2D eigenvalue weighted by Gasteiger charge is 2.42. The normalized spacial score (nSPS) is 16.8. The van der Waals surface area contributed by atoms with E-state index in [9.17, 15) is 4.39 Å². The van der Waals surface area contributed by atoms with Crippen molar-refractivity contribution in [3.05, 3.63) is 41.8 Å². The molecule has 0 aliphatic heterocycles. The van der Waals surface area contributed by atoms with Gasteiger partial charge in [0, 0.05) is 6.54 Å². The minimum absolute atomic E-state index is 0.223. The molecule has 0 saturated heterocycles. The van der Waals surface area contributed by atoms with Crippen LogP contribution in [-0.2, 0) is 12.1 Å². The zero-order valence-corrected chi connectivity index (χ0v) is 10.4. The van der Waals surface area contributed by atoms with E-state index in [-0.39, 0.29) is 11.4 Å². The molecule has 4 heteroatoms. The predicted molar refractivity (Wildman–Crippen MR) is 68.4 cm³/mol. The Balaban J connectivity index is 2.05. The van der Waals surface area contributed by atoms with Crippen molar-refractivity contribution in [1.82, 2.24) is 9.78 Å². The van der Waals surface area contributed by atoms with Crippen molar-refractivity contribution in [2.75, 3.05) is 0 Å². The van der Waals surface area contributed by atoms with Crippen LogP contribution >= 0.6 is 0 Å². The van der Waals surface area contributed by atoms with E-state index < -0.39 is 0 Å². The first-order chi connectivity index (χ1) is 8.62. The first-order valence-corrected chi connectivity index (χ1v) is 6.25. The van der Waals surface area contributed by atoms with E-state index in [2.05, 4.69) is 5.10 Å². The van der Waals surface area contributed by atoms with Crippen LogP contribution in [-0.4, -0.2) is 9.78 Å². The highest BCUT2D eigenvalue weighted by atomic mass is 19.1. The van der Waals surface area contributed by atoms with Crippen molar-refractivity contribution in [2.45, 2.75) is 31.8 Å². The Morgan fingerprint density at radius 2 is 2.00 bits per heavy atom. The predicted octanol–water partition coefficient (Wildman–Crippen LogP) is 2.66. The van der Waals surface area contributed by atoms with Crippen LogP contribution in [0.15, 0.2) is 30.3 Å². The van der Waals surface area contributed by atoms with E-state index in [0.29, 0.717) is 0 Å². The van der Waals surface area contributed by atoms with Gasteiger partial charge in [-0.1, -0.05) is 0 Å². The van der Waals surface area contributed by atoms with Gasteiger partial charge in [-0.25, -0.2) is 4.39 Å². The van der Waals surface area contributed by atoms with E-state index in [1.165, 1.54) is 12.1 Å². The van der Waals surface area contributed by atoms with Crippen molar-refractivity contribution < 1.29 is 4.39 Å². The number of benzene rings is 1. The lowest BCUT2D eigenvalue weighted by atomic mass is 10.1. The molecule has 0 atom stereocenters. The summed E-state index contributed by atoms with van der Waals surface area (Å²) in [5.74, 6) is -0.223. The summed E-state index contributed by atoms with van der Waals surface area (Å²) in [6, 6.07) is 8.52. The molecule has 1 fully saturated rings. The molecule has 2 N–H and O–H groups in total. The summed E-state index contributed by atoms with van der Waals surface area (Å²) in [4.78, 5) is 0. The molecule has 1 heterocycles. The molecule has 1 aromatic carbocycles. The van der Waals surface area contributed by atoms with Crippen molar-refractivity contribution in [3.63, 3.8) is 0 Å². The molecule has 1 aliphatic rings. The first-order valence-electron chi connectivity index (χ1n) is 6.25. The van der Waals surface area contributed by atoms with Crippen LogP contribution in [0.1, 0.15) is 25.5 Å². The zero-order valence-electron chi connectivity index (χ0n) is 10.4. The molecular formula is C14H16FN3. The number of aromatic nitrogens is 2. The van der Waals surface area contributed by atoms with Crippen LogP contribution in [0.2, 0.25) is 0 Å². The van der Waals surface area contributed by atoms with Crippen molar-refractivity contribution >= 4 is 0 Å². The molecule has 0 bridgehead atoms. The minimum Gasteiger partial charge on any atom is -0.320 e. The van der Waals surface area contributed by atoms with Gasteiger partial charge < -0.3 is 5.73 Å². The van der Waals surface area contributed by atoms with Crippen molar-refractivity contribution in [2.24, 2.45) is 5.73 Å². The lowest BCUT2D eigenvalue weighted by molar-refractivity contribution is 0.616. The Morgan fingerprint density at radius 3 is 2.56 bits per heavy atom. The molecule has 0 amide bonds. The quantitative estimate of drug-likeness (QED) is 0.903.